The Hall–Kier alpha value is -2.55. The van der Waals surface area contributed by atoms with Gasteiger partial charge in [0.1, 0.15) is 0 Å². The van der Waals surface area contributed by atoms with E-state index in [0.29, 0.717) is 0 Å². The molecule has 0 heterocycles. The van der Waals surface area contributed by atoms with Gasteiger partial charge in [0.2, 0.25) is 0 Å². The molecule has 0 aliphatic rings. The fraction of sp³-hybridized carbons (Fsp3) is 0.182. The fourth-order valence-corrected chi connectivity index (χ4v) is 31.3. The SMILES string of the molecule is C[CH2][Ge]([CH2]C)[O][Ge]([CH2]C)[CH2]C.c1cc[c]([Ge]([c]2ccccc2)[c]2ccccc2)cc1.c1cc[c]([Ge]([c]2ccccc2)[c]2ccccc2)cc1. The van der Waals surface area contributed by atoms with Crippen LogP contribution in [0.5, 0.6) is 0 Å². The van der Waals surface area contributed by atoms with Gasteiger partial charge >= 0.3 is 318 Å². The third-order valence-corrected chi connectivity index (χ3v) is 33.8. The summed E-state index contributed by atoms with van der Waals surface area (Å²) in [6.45, 7) is 9.17. The molecule has 0 amide bonds. The molecule has 0 atom stereocenters. The fourth-order valence-electron chi connectivity index (χ4n) is 5.62. The van der Waals surface area contributed by atoms with Gasteiger partial charge in [-0.05, 0) is 0 Å². The van der Waals surface area contributed by atoms with Crippen molar-refractivity contribution in [1.82, 2.24) is 0 Å². The van der Waals surface area contributed by atoms with Crippen molar-refractivity contribution in [2.45, 2.75) is 48.7 Å². The molecule has 0 spiro atoms. The van der Waals surface area contributed by atoms with E-state index in [2.05, 4.69) is 210 Å². The Labute approximate surface area is 315 Å². The van der Waals surface area contributed by atoms with Gasteiger partial charge in [0.25, 0.3) is 0 Å². The van der Waals surface area contributed by atoms with Crippen LogP contribution in [0.4, 0.5) is 0 Å². The summed E-state index contributed by atoms with van der Waals surface area (Å²) < 4.78 is 15.2. The van der Waals surface area contributed by atoms with Gasteiger partial charge in [-0.1, -0.05) is 0 Å². The van der Waals surface area contributed by atoms with Gasteiger partial charge in [0.15, 0.2) is 0 Å². The molecule has 4 radical (unpaired) electrons. The zero-order valence-electron chi connectivity index (χ0n) is 29.6. The Bertz CT molecular complexity index is 1350. The summed E-state index contributed by atoms with van der Waals surface area (Å²) >= 11 is -5.20. The first-order valence-corrected chi connectivity index (χ1v) is 31.6. The van der Waals surface area contributed by atoms with Crippen LogP contribution in [0.3, 0.4) is 0 Å². The number of hydrogen-bond acceptors (Lipinski definition) is 1. The van der Waals surface area contributed by atoms with Crippen molar-refractivity contribution in [3.8, 4) is 0 Å². The average molecular weight is 885 g/mol. The van der Waals surface area contributed by atoms with Gasteiger partial charge in [-0.2, -0.15) is 0 Å². The summed E-state index contributed by atoms with van der Waals surface area (Å²) in [5.74, 6) is 0. The van der Waals surface area contributed by atoms with Gasteiger partial charge in [0.05, 0.1) is 0 Å². The molecule has 0 fully saturated rings. The predicted octanol–water partition coefficient (Wildman–Crippen LogP) is 7.47. The van der Waals surface area contributed by atoms with Crippen molar-refractivity contribution in [2.24, 2.45) is 0 Å². The average Bonchev–Trinajstić information content (AvgIpc) is 3.19. The number of benzene rings is 6. The second-order valence-corrected chi connectivity index (χ2v) is 35.1. The van der Waals surface area contributed by atoms with E-state index in [1.165, 1.54) is 47.4 Å². The zero-order chi connectivity index (χ0) is 34.5. The molecule has 0 N–H and O–H groups in total. The van der Waals surface area contributed by atoms with Crippen molar-refractivity contribution in [2.75, 3.05) is 0 Å². The van der Waals surface area contributed by atoms with E-state index in [-0.39, 0.29) is 0 Å². The van der Waals surface area contributed by atoms with Gasteiger partial charge in [-0.25, -0.2) is 0 Å². The van der Waals surface area contributed by atoms with E-state index < -0.39 is 58.1 Å². The van der Waals surface area contributed by atoms with Crippen LogP contribution in [0.1, 0.15) is 27.7 Å². The van der Waals surface area contributed by atoms with Crippen LogP contribution in [-0.2, 0) is 2.79 Å². The molecule has 0 saturated carbocycles. The first-order valence-electron chi connectivity index (χ1n) is 17.6. The quantitative estimate of drug-likeness (QED) is 0.116. The monoisotopic (exact) mass is 890 g/mol. The van der Waals surface area contributed by atoms with E-state index in [1.54, 1.807) is 0 Å². The minimum absolute atomic E-state index is 0.965. The van der Waals surface area contributed by atoms with Crippen molar-refractivity contribution in [3.05, 3.63) is 182 Å². The molecule has 6 aromatic carbocycles. The van der Waals surface area contributed by atoms with Gasteiger partial charge in [-0.3, -0.25) is 0 Å². The van der Waals surface area contributed by atoms with Crippen molar-refractivity contribution in [3.63, 3.8) is 0 Å². The van der Waals surface area contributed by atoms with E-state index in [9.17, 15) is 0 Å². The third-order valence-electron chi connectivity index (χ3n) is 8.24. The predicted molar refractivity (Wildman–Crippen MR) is 222 cm³/mol. The Balaban J connectivity index is 0.000000173. The second-order valence-electron chi connectivity index (χ2n) is 11.5. The summed E-state index contributed by atoms with van der Waals surface area (Å²) in [6.07, 6.45) is 0. The van der Waals surface area contributed by atoms with Gasteiger partial charge < -0.3 is 0 Å². The van der Waals surface area contributed by atoms with E-state index in [1.807, 2.05) is 0 Å². The standard InChI is InChI=1S/2C18H15Ge.C8H20Ge2O/c2*1-4-10-16(11-5-1)19(17-12-6-2-7-13-17)18-14-8-3-9-15-18;1-5-9(6-2)11-10(7-3)8-4/h2*1-15H;5-8H2,1-4H3. The molecule has 49 heavy (non-hydrogen) atoms. The molecular weight excluding hydrogens is 835 g/mol. The molecule has 0 bridgehead atoms. The summed E-state index contributed by atoms with van der Waals surface area (Å²) in [7, 11) is 0. The molecule has 0 aromatic heterocycles. The van der Waals surface area contributed by atoms with E-state index in [0.717, 1.165) is 0 Å². The Kier molecular flexibility index (Phi) is 18.4. The number of rotatable bonds is 12. The molecule has 0 aliphatic heterocycles. The summed E-state index contributed by atoms with van der Waals surface area (Å²) in [5.41, 5.74) is 0. The molecule has 5 heteroatoms. The van der Waals surface area contributed by atoms with Crippen LogP contribution >= 0.6 is 0 Å². The summed E-state index contributed by atoms with van der Waals surface area (Å²) in [4.78, 5) is 0. The number of hydrogen-bond donors (Lipinski definition) is 0. The minimum atomic E-state index is -1.63. The van der Waals surface area contributed by atoms with Gasteiger partial charge in [0, 0.05) is 0 Å². The van der Waals surface area contributed by atoms with Crippen LogP contribution < -0.4 is 26.4 Å². The van der Waals surface area contributed by atoms with Crippen LogP contribution in [0, 0.1) is 0 Å². The van der Waals surface area contributed by atoms with Crippen molar-refractivity contribution < 1.29 is 2.79 Å². The maximum atomic E-state index is 6.18. The topological polar surface area (TPSA) is 9.23 Å². The van der Waals surface area contributed by atoms with Crippen molar-refractivity contribution in [1.29, 1.82) is 0 Å². The molecule has 0 unspecified atom stereocenters. The van der Waals surface area contributed by atoms with E-state index in [4.69, 9.17) is 2.79 Å². The molecule has 1 nitrogen and oxygen atoms in total. The maximum absolute atomic E-state index is 6.18. The third kappa shape index (κ3) is 12.9. The molecular formula is C44H50Ge4O. The Morgan fingerprint density at radius 3 is 0.592 bits per heavy atom. The summed E-state index contributed by atoms with van der Waals surface area (Å²) in [6, 6.07) is 65.6. The first-order chi connectivity index (χ1) is 24.2. The van der Waals surface area contributed by atoms with Crippen LogP contribution in [0.15, 0.2) is 182 Å². The van der Waals surface area contributed by atoms with Crippen LogP contribution in [-0.4, -0.2) is 58.1 Å². The first kappa shape index (κ1) is 39.2. The van der Waals surface area contributed by atoms with Crippen molar-refractivity contribution >= 4 is 84.4 Å². The summed E-state index contributed by atoms with van der Waals surface area (Å²) in [5, 5.41) is 5.42. The molecule has 248 valence electrons. The molecule has 0 aliphatic carbocycles. The Morgan fingerprint density at radius 2 is 0.449 bits per heavy atom. The van der Waals surface area contributed by atoms with Gasteiger partial charge in [-0.15, -0.1) is 0 Å². The molecule has 0 saturated heterocycles. The zero-order valence-corrected chi connectivity index (χ0v) is 37.9. The second kappa shape index (κ2) is 23.0. The van der Waals surface area contributed by atoms with E-state index >= 15 is 0 Å². The van der Waals surface area contributed by atoms with Crippen LogP contribution in [0.25, 0.3) is 0 Å². The molecule has 6 aromatic rings. The van der Waals surface area contributed by atoms with Crippen LogP contribution in [0.2, 0.25) is 21.0 Å². The Morgan fingerprint density at radius 1 is 0.286 bits per heavy atom. The normalized spacial score (nSPS) is 10.8. The molecule has 6 rings (SSSR count).